The van der Waals surface area contributed by atoms with Gasteiger partial charge in [0.1, 0.15) is 5.82 Å². The van der Waals surface area contributed by atoms with E-state index < -0.39 is 0 Å². The fraction of sp³-hybridized carbons (Fsp3) is 0.375. The van der Waals surface area contributed by atoms with Crippen LogP contribution in [0.25, 0.3) is 0 Å². The second-order valence-electron chi connectivity index (χ2n) is 5.28. The minimum Gasteiger partial charge on any atom is -0.357 e. The summed E-state index contributed by atoms with van der Waals surface area (Å²) < 4.78 is 16.4. The summed E-state index contributed by atoms with van der Waals surface area (Å²) >= 11 is 3.26. The van der Waals surface area contributed by atoms with E-state index in [-0.39, 0.29) is 5.82 Å². The molecule has 0 aliphatic heterocycles. The number of guanidine groups is 1. The molecule has 0 saturated heterocycles. The van der Waals surface area contributed by atoms with Crippen LogP contribution in [0.4, 0.5) is 4.39 Å². The number of hydrogen-bond acceptors (Lipinski definition) is 2. The number of hydrogen-bond donors (Lipinski definition) is 1. The molecule has 0 aliphatic carbocycles. The zero-order chi connectivity index (χ0) is 16.8. The third-order valence-electron chi connectivity index (χ3n) is 3.29. The van der Waals surface area contributed by atoms with Crippen LogP contribution in [-0.2, 0) is 20.1 Å². The molecule has 2 aromatic rings. The van der Waals surface area contributed by atoms with E-state index in [9.17, 15) is 4.39 Å². The fourth-order valence-corrected chi connectivity index (χ4v) is 2.52. The Bertz CT molecular complexity index is 683. The van der Waals surface area contributed by atoms with Crippen molar-refractivity contribution in [3.05, 3.63) is 52.0 Å². The van der Waals surface area contributed by atoms with Gasteiger partial charge in [-0.25, -0.2) is 9.38 Å². The maximum Gasteiger partial charge on any atom is 0.194 e. The number of aliphatic imine (C=N–C) groups is 1. The standard InChI is InChI=1S/C16H21BrFN5/c1-4-19-16(22(2)10-12-8-21-23(3)11-12)20-9-13-5-6-14(17)7-15(13)18/h5-8,11H,4,9-10H2,1-3H3,(H,19,20). The summed E-state index contributed by atoms with van der Waals surface area (Å²) in [6.45, 7) is 3.73. The highest BCUT2D eigenvalue weighted by Crippen LogP contribution is 2.16. The largest absolute Gasteiger partial charge is 0.357 e. The molecule has 0 spiro atoms. The second kappa shape index (κ2) is 8.10. The average molecular weight is 382 g/mol. The Morgan fingerprint density at radius 3 is 2.87 bits per heavy atom. The van der Waals surface area contributed by atoms with Crippen LogP contribution < -0.4 is 5.32 Å². The molecule has 0 fully saturated rings. The first kappa shape index (κ1) is 17.5. The van der Waals surface area contributed by atoms with Crippen molar-refractivity contribution >= 4 is 21.9 Å². The molecule has 5 nitrogen and oxygen atoms in total. The summed E-state index contributed by atoms with van der Waals surface area (Å²) in [4.78, 5) is 6.52. The van der Waals surface area contributed by atoms with Crippen LogP contribution >= 0.6 is 15.9 Å². The van der Waals surface area contributed by atoms with Crippen LogP contribution in [0.5, 0.6) is 0 Å². The van der Waals surface area contributed by atoms with E-state index in [2.05, 4.69) is 31.3 Å². The van der Waals surface area contributed by atoms with Crippen molar-refractivity contribution < 1.29 is 4.39 Å². The molecule has 0 amide bonds. The van der Waals surface area contributed by atoms with Crippen molar-refractivity contribution in [2.45, 2.75) is 20.0 Å². The van der Waals surface area contributed by atoms with E-state index in [0.29, 0.717) is 18.7 Å². The lowest BCUT2D eigenvalue weighted by atomic mass is 10.2. The van der Waals surface area contributed by atoms with Crippen LogP contribution in [0.1, 0.15) is 18.1 Å². The molecule has 0 saturated carbocycles. The Labute approximate surface area is 144 Å². The molecule has 1 aromatic carbocycles. The van der Waals surface area contributed by atoms with E-state index >= 15 is 0 Å². The van der Waals surface area contributed by atoms with Gasteiger partial charge in [0, 0.05) is 49.0 Å². The van der Waals surface area contributed by atoms with Gasteiger partial charge in [0.05, 0.1) is 12.7 Å². The van der Waals surface area contributed by atoms with Gasteiger partial charge in [0.25, 0.3) is 0 Å². The lowest BCUT2D eigenvalue weighted by molar-refractivity contribution is 0.476. The number of aromatic nitrogens is 2. The van der Waals surface area contributed by atoms with Crippen molar-refractivity contribution in [2.75, 3.05) is 13.6 Å². The Kier molecular flexibility index (Phi) is 6.15. The maximum absolute atomic E-state index is 13.9. The zero-order valence-electron chi connectivity index (χ0n) is 13.6. The van der Waals surface area contributed by atoms with Crippen LogP contribution in [0.3, 0.4) is 0 Å². The maximum atomic E-state index is 13.9. The molecular weight excluding hydrogens is 361 g/mol. The normalized spacial score (nSPS) is 11.6. The van der Waals surface area contributed by atoms with Gasteiger partial charge in [0.2, 0.25) is 0 Å². The SMILES string of the molecule is CCNC(=NCc1ccc(Br)cc1F)N(C)Cc1cnn(C)c1. The predicted molar refractivity (Wildman–Crippen MR) is 93.6 cm³/mol. The quantitative estimate of drug-likeness (QED) is 0.639. The lowest BCUT2D eigenvalue weighted by Crippen LogP contribution is -2.38. The van der Waals surface area contributed by atoms with Gasteiger partial charge in [-0.15, -0.1) is 0 Å². The van der Waals surface area contributed by atoms with Gasteiger partial charge in [0.15, 0.2) is 5.96 Å². The molecule has 7 heteroatoms. The molecule has 1 heterocycles. The van der Waals surface area contributed by atoms with Gasteiger partial charge in [-0.05, 0) is 19.1 Å². The second-order valence-corrected chi connectivity index (χ2v) is 6.20. The molecule has 0 radical (unpaired) electrons. The highest BCUT2D eigenvalue weighted by atomic mass is 79.9. The molecule has 1 N–H and O–H groups in total. The van der Waals surface area contributed by atoms with E-state index in [1.165, 1.54) is 6.07 Å². The topological polar surface area (TPSA) is 45.5 Å². The Balaban J connectivity index is 2.09. The fourth-order valence-electron chi connectivity index (χ4n) is 2.18. The first-order valence-electron chi connectivity index (χ1n) is 7.40. The van der Waals surface area contributed by atoms with E-state index in [1.54, 1.807) is 10.7 Å². The Hall–Kier alpha value is -1.89. The predicted octanol–water partition coefficient (Wildman–Crippen LogP) is 2.92. The zero-order valence-corrected chi connectivity index (χ0v) is 15.1. The van der Waals surface area contributed by atoms with Crippen LogP contribution in [0, 0.1) is 5.82 Å². The molecule has 124 valence electrons. The number of rotatable bonds is 5. The number of nitrogens with one attached hydrogen (secondary N) is 1. The van der Waals surface area contributed by atoms with E-state index in [1.807, 2.05) is 44.4 Å². The summed E-state index contributed by atoms with van der Waals surface area (Å²) in [5, 5.41) is 7.39. The highest BCUT2D eigenvalue weighted by molar-refractivity contribution is 9.10. The highest BCUT2D eigenvalue weighted by Gasteiger charge is 2.09. The molecule has 23 heavy (non-hydrogen) atoms. The smallest absolute Gasteiger partial charge is 0.194 e. The van der Waals surface area contributed by atoms with E-state index in [4.69, 9.17) is 0 Å². The van der Waals surface area contributed by atoms with Crippen molar-refractivity contribution in [3.8, 4) is 0 Å². The first-order chi connectivity index (χ1) is 11.0. The van der Waals surface area contributed by atoms with Crippen molar-refractivity contribution in [2.24, 2.45) is 12.0 Å². The minimum atomic E-state index is -0.256. The Morgan fingerprint density at radius 2 is 2.26 bits per heavy atom. The molecule has 0 bridgehead atoms. The van der Waals surface area contributed by atoms with Crippen LogP contribution in [0.2, 0.25) is 0 Å². The van der Waals surface area contributed by atoms with Gasteiger partial charge < -0.3 is 10.2 Å². The van der Waals surface area contributed by atoms with Crippen molar-refractivity contribution in [3.63, 3.8) is 0 Å². The van der Waals surface area contributed by atoms with Gasteiger partial charge >= 0.3 is 0 Å². The molecular formula is C16H21BrFN5. The summed E-state index contributed by atoms with van der Waals surface area (Å²) in [6, 6.07) is 5.02. The third kappa shape index (κ3) is 5.06. The summed E-state index contributed by atoms with van der Waals surface area (Å²) in [5.41, 5.74) is 1.66. The summed E-state index contributed by atoms with van der Waals surface area (Å²) in [7, 11) is 3.84. The summed E-state index contributed by atoms with van der Waals surface area (Å²) in [5.74, 6) is 0.479. The minimum absolute atomic E-state index is 0.256. The number of benzene rings is 1. The van der Waals surface area contributed by atoms with Gasteiger partial charge in [-0.2, -0.15) is 5.10 Å². The van der Waals surface area contributed by atoms with Gasteiger partial charge in [-0.3, -0.25) is 4.68 Å². The first-order valence-corrected chi connectivity index (χ1v) is 8.19. The van der Waals surface area contributed by atoms with Gasteiger partial charge in [-0.1, -0.05) is 22.0 Å². The van der Waals surface area contributed by atoms with Crippen LogP contribution in [-0.4, -0.2) is 34.2 Å². The Morgan fingerprint density at radius 1 is 1.48 bits per heavy atom. The van der Waals surface area contributed by atoms with Crippen LogP contribution in [0.15, 0.2) is 40.1 Å². The summed E-state index contributed by atoms with van der Waals surface area (Å²) in [6.07, 6.45) is 3.79. The number of aryl methyl sites for hydroxylation is 1. The van der Waals surface area contributed by atoms with Crippen molar-refractivity contribution in [1.29, 1.82) is 0 Å². The molecule has 1 aromatic heterocycles. The molecule has 2 rings (SSSR count). The number of nitrogens with zero attached hydrogens (tertiary/aromatic N) is 4. The van der Waals surface area contributed by atoms with E-state index in [0.717, 1.165) is 22.5 Å². The molecule has 0 unspecified atom stereocenters. The number of halogens is 2. The molecule has 0 aliphatic rings. The lowest BCUT2D eigenvalue weighted by Gasteiger charge is -2.21. The molecule has 0 atom stereocenters. The monoisotopic (exact) mass is 381 g/mol. The van der Waals surface area contributed by atoms with Crippen molar-refractivity contribution in [1.82, 2.24) is 20.0 Å². The third-order valence-corrected chi connectivity index (χ3v) is 3.78. The average Bonchev–Trinajstić information content (AvgIpc) is 2.90.